The second-order valence-electron chi connectivity index (χ2n) is 4.56. The third-order valence-corrected chi connectivity index (χ3v) is 5.19. The molecule has 1 atom stereocenters. The van der Waals surface area contributed by atoms with Crippen molar-refractivity contribution < 1.29 is 23.3 Å². The van der Waals surface area contributed by atoms with Crippen LogP contribution in [-0.2, 0) is 20.3 Å². The lowest BCUT2D eigenvalue weighted by Crippen LogP contribution is -2.33. The lowest BCUT2D eigenvalue weighted by molar-refractivity contribution is -0.123. The molecule has 0 radical (unpaired) electrons. The van der Waals surface area contributed by atoms with Crippen molar-refractivity contribution in [2.75, 3.05) is 12.4 Å². The van der Waals surface area contributed by atoms with Gasteiger partial charge in [-0.2, -0.15) is 0 Å². The van der Waals surface area contributed by atoms with E-state index in [-0.39, 0.29) is 5.56 Å². The van der Waals surface area contributed by atoms with Crippen molar-refractivity contribution in [3.63, 3.8) is 0 Å². The zero-order valence-electron chi connectivity index (χ0n) is 12.8. The van der Waals surface area contributed by atoms with Crippen molar-refractivity contribution in [1.29, 1.82) is 0 Å². The molecule has 1 heterocycles. The number of rotatable bonds is 6. The zero-order chi connectivity index (χ0) is 17.5. The molecule has 8 heteroatoms. The Morgan fingerprint density at radius 1 is 1.17 bits per heavy atom. The highest BCUT2D eigenvalue weighted by atomic mass is 32.2. The van der Waals surface area contributed by atoms with Crippen LogP contribution < -0.4 is 5.32 Å². The third-order valence-electron chi connectivity index (χ3n) is 2.95. The molecule has 2 amide bonds. The van der Waals surface area contributed by atoms with Gasteiger partial charge in [0.05, 0.1) is 26.1 Å². The molecular formula is C16H15NO5S2. The first-order chi connectivity index (χ1) is 11.5. The van der Waals surface area contributed by atoms with Gasteiger partial charge >= 0.3 is 5.97 Å². The van der Waals surface area contributed by atoms with E-state index in [2.05, 4.69) is 5.32 Å². The van der Waals surface area contributed by atoms with Gasteiger partial charge in [0.1, 0.15) is 0 Å². The van der Waals surface area contributed by atoms with Crippen molar-refractivity contribution in [2.24, 2.45) is 0 Å². The van der Waals surface area contributed by atoms with Gasteiger partial charge in [-0.3, -0.25) is 19.1 Å². The fourth-order valence-electron chi connectivity index (χ4n) is 1.83. The number of hydrogen-bond donors (Lipinski definition) is 1. The molecule has 0 saturated carbocycles. The summed E-state index contributed by atoms with van der Waals surface area (Å²) < 4.78 is 16.8. The van der Waals surface area contributed by atoms with Crippen LogP contribution in [0.25, 0.3) is 0 Å². The van der Waals surface area contributed by atoms with E-state index in [1.807, 2.05) is 0 Å². The Labute approximate surface area is 145 Å². The first-order valence-electron chi connectivity index (χ1n) is 7.05. The van der Waals surface area contributed by atoms with Gasteiger partial charge in [0, 0.05) is 5.75 Å². The van der Waals surface area contributed by atoms with Crippen molar-refractivity contribution >= 4 is 39.9 Å². The van der Waals surface area contributed by atoms with E-state index in [1.54, 1.807) is 42.6 Å². The van der Waals surface area contributed by atoms with Crippen molar-refractivity contribution in [2.45, 2.75) is 11.8 Å². The van der Waals surface area contributed by atoms with Gasteiger partial charge in [-0.05, 0) is 23.6 Å². The molecule has 0 spiro atoms. The van der Waals surface area contributed by atoms with E-state index in [4.69, 9.17) is 4.74 Å². The van der Waals surface area contributed by atoms with E-state index >= 15 is 0 Å². The average molecular weight is 365 g/mol. The second kappa shape index (κ2) is 8.51. The maximum Gasteiger partial charge on any atom is 0.339 e. The molecule has 0 aliphatic carbocycles. The van der Waals surface area contributed by atoms with Crippen LogP contribution in [0.15, 0.2) is 46.7 Å². The molecule has 126 valence electrons. The Morgan fingerprint density at radius 3 is 2.58 bits per heavy atom. The number of imide groups is 1. The molecule has 1 unspecified atom stereocenters. The van der Waals surface area contributed by atoms with E-state index in [9.17, 15) is 18.6 Å². The van der Waals surface area contributed by atoms with Crippen molar-refractivity contribution in [1.82, 2.24) is 5.32 Å². The fourth-order valence-corrected chi connectivity index (χ4v) is 3.39. The molecule has 0 aliphatic rings. The van der Waals surface area contributed by atoms with Crippen LogP contribution in [0.3, 0.4) is 0 Å². The highest BCUT2D eigenvalue weighted by Gasteiger charge is 2.18. The number of amides is 2. The summed E-state index contributed by atoms with van der Waals surface area (Å²) in [7, 11) is -1.32. The van der Waals surface area contributed by atoms with Gasteiger partial charge in [0.2, 0.25) is 0 Å². The number of nitrogens with one attached hydrogen (secondary N) is 1. The second-order valence-corrected chi connectivity index (χ2v) is 7.22. The zero-order valence-corrected chi connectivity index (χ0v) is 14.4. The van der Waals surface area contributed by atoms with Crippen LogP contribution in [0, 0.1) is 0 Å². The normalized spacial score (nSPS) is 11.5. The van der Waals surface area contributed by atoms with E-state index in [0.717, 1.165) is 0 Å². The standard InChI is InChI=1S/C16H15NO5S2/c1-2-24(21)13-8-4-3-6-11(13)16(20)22-10-14(18)17-15(19)12-7-5-9-23-12/h3-9H,2,10H2,1H3,(H,17,18,19). The van der Waals surface area contributed by atoms with E-state index < -0.39 is 35.2 Å². The summed E-state index contributed by atoms with van der Waals surface area (Å²) in [4.78, 5) is 36.2. The molecule has 1 N–H and O–H groups in total. The maximum absolute atomic E-state index is 12.1. The predicted molar refractivity (Wildman–Crippen MR) is 90.5 cm³/mol. The van der Waals surface area contributed by atoms with Crippen molar-refractivity contribution in [3.05, 3.63) is 52.2 Å². The van der Waals surface area contributed by atoms with Crippen LogP contribution in [0.2, 0.25) is 0 Å². The Kier molecular flexibility index (Phi) is 6.39. The van der Waals surface area contributed by atoms with E-state index in [1.165, 1.54) is 17.4 Å². The van der Waals surface area contributed by atoms with Gasteiger partial charge in [-0.25, -0.2) is 4.79 Å². The molecule has 1 aromatic heterocycles. The minimum absolute atomic E-state index is 0.148. The van der Waals surface area contributed by atoms with Gasteiger partial charge in [0.25, 0.3) is 11.8 Å². The minimum atomic E-state index is -1.32. The number of benzene rings is 1. The van der Waals surface area contributed by atoms with Crippen molar-refractivity contribution in [3.8, 4) is 0 Å². The monoisotopic (exact) mass is 365 g/mol. The highest BCUT2D eigenvalue weighted by molar-refractivity contribution is 7.85. The topological polar surface area (TPSA) is 89.5 Å². The Balaban J connectivity index is 1.95. The molecule has 0 fully saturated rings. The Morgan fingerprint density at radius 2 is 1.92 bits per heavy atom. The SMILES string of the molecule is CCS(=O)c1ccccc1C(=O)OCC(=O)NC(=O)c1cccs1. The summed E-state index contributed by atoms with van der Waals surface area (Å²) in [5.41, 5.74) is 0.148. The minimum Gasteiger partial charge on any atom is -0.452 e. The van der Waals surface area contributed by atoms with Crippen LogP contribution in [0.1, 0.15) is 27.0 Å². The fraction of sp³-hybridized carbons (Fsp3) is 0.188. The first-order valence-corrected chi connectivity index (χ1v) is 9.25. The quantitative estimate of drug-likeness (QED) is 0.791. The average Bonchev–Trinajstić information content (AvgIpc) is 3.13. The Hall–Kier alpha value is -2.32. The molecule has 0 bridgehead atoms. The van der Waals surface area contributed by atoms with Crippen LogP contribution in [-0.4, -0.2) is 34.4 Å². The van der Waals surface area contributed by atoms with Gasteiger partial charge < -0.3 is 4.74 Å². The van der Waals surface area contributed by atoms with Crippen LogP contribution in [0.5, 0.6) is 0 Å². The summed E-state index contributed by atoms with van der Waals surface area (Å²) in [5.74, 6) is -1.67. The van der Waals surface area contributed by atoms with Gasteiger partial charge in [0.15, 0.2) is 6.61 Å². The van der Waals surface area contributed by atoms with E-state index in [0.29, 0.717) is 15.5 Å². The third kappa shape index (κ3) is 4.59. The number of ether oxygens (including phenoxy) is 1. The molecular weight excluding hydrogens is 350 g/mol. The summed E-state index contributed by atoms with van der Waals surface area (Å²) >= 11 is 1.20. The molecule has 0 saturated heterocycles. The number of carbonyl (C=O) groups is 3. The lowest BCUT2D eigenvalue weighted by Gasteiger charge is -2.08. The number of carbonyl (C=O) groups excluding carboxylic acids is 3. The number of hydrogen-bond acceptors (Lipinski definition) is 6. The lowest BCUT2D eigenvalue weighted by atomic mass is 10.2. The molecule has 1 aromatic carbocycles. The predicted octanol–water partition coefficient (Wildman–Crippen LogP) is 1.99. The summed E-state index contributed by atoms with van der Waals surface area (Å²) in [6.45, 7) is 1.14. The van der Waals surface area contributed by atoms with Gasteiger partial charge in [-0.15, -0.1) is 11.3 Å². The van der Waals surface area contributed by atoms with Gasteiger partial charge in [-0.1, -0.05) is 25.1 Å². The molecule has 2 aromatic rings. The highest BCUT2D eigenvalue weighted by Crippen LogP contribution is 2.15. The summed E-state index contributed by atoms with van der Waals surface area (Å²) in [5, 5.41) is 3.85. The largest absolute Gasteiger partial charge is 0.452 e. The summed E-state index contributed by atoms with van der Waals surface area (Å²) in [6, 6.07) is 9.63. The van der Waals surface area contributed by atoms with Crippen LogP contribution in [0.4, 0.5) is 0 Å². The first kappa shape index (κ1) is 18.0. The Bertz CT molecular complexity index is 771. The molecule has 24 heavy (non-hydrogen) atoms. The molecule has 2 rings (SSSR count). The smallest absolute Gasteiger partial charge is 0.339 e. The number of esters is 1. The maximum atomic E-state index is 12.1. The number of thiophene rings is 1. The molecule has 6 nitrogen and oxygen atoms in total. The van der Waals surface area contributed by atoms with Crippen LogP contribution >= 0.6 is 11.3 Å². The summed E-state index contributed by atoms with van der Waals surface area (Å²) in [6.07, 6.45) is 0. The molecule has 0 aliphatic heterocycles.